The maximum absolute atomic E-state index is 11.4. The number of aliphatic hydroxyl groups excluding tert-OH is 1. The SMILES string of the molecule is O=C(O)N1C2CC1CN(c1nc3c(OC4CCC(O)CC4)ccc(-c4nccs4)c3o1)C2. The number of thiazole rings is 1. The summed E-state index contributed by atoms with van der Waals surface area (Å²) in [7, 11) is 0. The zero-order valence-electron chi connectivity index (χ0n) is 17.4. The first-order valence-electron chi connectivity index (χ1n) is 11.0. The highest BCUT2D eigenvalue weighted by molar-refractivity contribution is 7.13. The number of carboxylic acid groups (broad SMARTS) is 1. The first-order chi connectivity index (χ1) is 15.6. The second-order valence-electron chi connectivity index (χ2n) is 8.81. The van der Waals surface area contributed by atoms with E-state index in [0.717, 1.165) is 42.7 Å². The number of benzene rings is 1. The van der Waals surface area contributed by atoms with Crippen molar-refractivity contribution in [2.45, 2.75) is 56.4 Å². The fourth-order valence-electron chi connectivity index (χ4n) is 5.15. The molecule has 2 atom stereocenters. The Bertz CT molecular complexity index is 1130. The second kappa shape index (κ2) is 7.63. The molecule has 1 amide bonds. The number of hydrogen-bond donors (Lipinski definition) is 2. The molecule has 3 aliphatic heterocycles. The van der Waals surface area contributed by atoms with Gasteiger partial charge in [0.05, 0.1) is 29.9 Å². The fourth-order valence-corrected chi connectivity index (χ4v) is 5.81. The molecule has 7 rings (SSSR count). The van der Waals surface area contributed by atoms with E-state index in [9.17, 15) is 15.0 Å². The third-order valence-electron chi connectivity index (χ3n) is 6.78. The monoisotopic (exact) mass is 456 g/mol. The molecule has 2 bridgehead atoms. The topological polar surface area (TPSA) is 112 Å². The smallest absolute Gasteiger partial charge is 0.407 e. The Balaban J connectivity index is 1.34. The molecule has 4 aliphatic rings. The van der Waals surface area contributed by atoms with Crippen molar-refractivity contribution in [2.24, 2.45) is 0 Å². The number of ether oxygens (including phenoxy) is 1. The van der Waals surface area contributed by atoms with Gasteiger partial charge < -0.3 is 24.3 Å². The first kappa shape index (κ1) is 19.8. The summed E-state index contributed by atoms with van der Waals surface area (Å²) in [5.74, 6) is 0.672. The third kappa shape index (κ3) is 3.29. The minimum atomic E-state index is -0.859. The number of fused-ring (bicyclic) bond motifs is 3. The van der Waals surface area contributed by atoms with Crippen LogP contribution >= 0.6 is 11.3 Å². The van der Waals surface area contributed by atoms with Gasteiger partial charge in [0.15, 0.2) is 11.1 Å². The molecule has 2 unspecified atom stereocenters. The summed E-state index contributed by atoms with van der Waals surface area (Å²) >= 11 is 1.54. The quantitative estimate of drug-likeness (QED) is 0.613. The average Bonchev–Trinajstić information content (AvgIpc) is 3.46. The van der Waals surface area contributed by atoms with Crippen molar-refractivity contribution in [3.8, 4) is 16.3 Å². The van der Waals surface area contributed by atoms with Crippen LogP contribution in [0, 0.1) is 0 Å². The normalized spacial score (nSPS) is 27.4. The molecule has 3 saturated heterocycles. The lowest BCUT2D eigenvalue weighted by Crippen LogP contribution is -2.70. The van der Waals surface area contributed by atoms with E-state index in [0.29, 0.717) is 36.0 Å². The summed E-state index contributed by atoms with van der Waals surface area (Å²) in [6.45, 7) is 1.14. The van der Waals surface area contributed by atoms with Crippen LogP contribution in [-0.4, -0.2) is 68.6 Å². The number of nitrogens with zero attached hydrogens (tertiary/aromatic N) is 4. The van der Waals surface area contributed by atoms with Gasteiger partial charge in [-0.05, 0) is 44.2 Å². The maximum atomic E-state index is 11.4. The minimum Gasteiger partial charge on any atom is -0.488 e. The standard InChI is InChI=1S/C22H24N4O5S/c27-14-1-3-15(4-2-14)30-17-6-5-16(20-23-7-8-32-20)19-18(17)24-21(31-19)25-10-12-9-13(11-25)26(12)22(28)29/h5-8,12-15,27H,1-4,9-11H2,(H,28,29). The molecule has 32 heavy (non-hydrogen) atoms. The van der Waals surface area contributed by atoms with E-state index in [-0.39, 0.29) is 24.3 Å². The van der Waals surface area contributed by atoms with Gasteiger partial charge in [-0.1, -0.05) is 0 Å². The summed E-state index contributed by atoms with van der Waals surface area (Å²) < 4.78 is 12.6. The van der Waals surface area contributed by atoms with Gasteiger partial charge in [0.25, 0.3) is 6.01 Å². The van der Waals surface area contributed by atoms with E-state index in [1.165, 1.54) is 16.2 Å². The number of hydrogen-bond acceptors (Lipinski definition) is 8. The Kier molecular flexibility index (Phi) is 4.72. The van der Waals surface area contributed by atoms with Crippen LogP contribution in [0.15, 0.2) is 28.1 Å². The number of piperidine rings is 1. The van der Waals surface area contributed by atoms with E-state index in [1.54, 1.807) is 6.20 Å². The molecule has 0 radical (unpaired) electrons. The van der Waals surface area contributed by atoms with Crippen molar-refractivity contribution >= 4 is 34.5 Å². The number of amides is 1. The fraction of sp³-hybridized carbons (Fsp3) is 0.500. The molecule has 2 aromatic heterocycles. The van der Waals surface area contributed by atoms with Crippen LogP contribution in [-0.2, 0) is 0 Å². The zero-order chi connectivity index (χ0) is 21.8. The lowest BCUT2D eigenvalue weighted by atomic mass is 9.88. The van der Waals surface area contributed by atoms with Crippen LogP contribution in [0.4, 0.5) is 10.8 Å². The van der Waals surface area contributed by atoms with E-state index in [1.807, 2.05) is 22.4 Å². The molecule has 3 aromatic rings. The highest BCUT2D eigenvalue weighted by atomic mass is 32.1. The minimum absolute atomic E-state index is 0.0240. The molecule has 2 N–H and O–H groups in total. The van der Waals surface area contributed by atoms with Crippen molar-refractivity contribution in [3.05, 3.63) is 23.7 Å². The Labute approximate surface area is 188 Å². The van der Waals surface area contributed by atoms with Crippen molar-refractivity contribution in [1.29, 1.82) is 0 Å². The van der Waals surface area contributed by atoms with E-state index < -0.39 is 6.09 Å². The summed E-state index contributed by atoms with van der Waals surface area (Å²) in [5.41, 5.74) is 2.17. The molecule has 10 heteroatoms. The van der Waals surface area contributed by atoms with Crippen LogP contribution in [0.3, 0.4) is 0 Å². The third-order valence-corrected chi connectivity index (χ3v) is 7.59. The van der Waals surface area contributed by atoms with Gasteiger partial charge in [0.1, 0.15) is 10.8 Å². The van der Waals surface area contributed by atoms with Crippen LogP contribution < -0.4 is 9.64 Å². The van der Waals surface area contributed by atoms with Crippen LogP contribution in [0.2, 0.25) is 0 Å². The van der Waals surface area contributed by atoms with Crippen LogP contribution in [0.1, 0.15) is 32.1 Å². The molecular formula is C22H24N4O5S. The molecule has 1 saturated carbocycles. The number of carbonyl (C=O) groups is 1. The Morgan fingerprint density at radius 1 is 1.19 bits per heavy atom. The first-order valence-corrected chi connectivity index (χ1v) is 11.9. The Morgan fingerprint density at radius 2 is 1.97 bits per heavy atom. The highest BCUT2D eigenvalue weighted by Crippen LogP contribution is 2.41. The van der Waals surface area contributed by atoms with Gasteiger partial charge in [-0.2, -0.15) is 4.98 Å². The van der Waals surface area contributed by atoms with Gasteiger partial charge >= 0.3 is 6.09 Å². The molecule has 1 aliphatic carbocycles. The molecule has 0 spiro atoms. The number of aliphatic hydroxyl groups is 1. The van der Waals surface area contributed by atoms with Crippen LogP contribution in [0.25, 0.3) is 21.7 Å². The van der Waals surface area contributed by atoms with Gasteiger partial charge in [-0.25, -0.2) is 9.78 Å². The lowest BCUT2D eigenvalue weighted by Gasteiger charge is -2.54. The van der Waals surface area contributed by atoms with Gasteiger partial charge in [-0.3, -0.25) is 4.90 Å². The maximum Gasteiger partial charge on any atom is 0.407 e. The van der Waals surface area contributed by atoms with E-state index in [2.05, 4.69) is 4.98 Å². The molecule has 5 heterocycles. The Morgan fingerprint density at radius 3 is 2.66 bits per heavy atom. The molecule has 1 aromatic carbocycles. The van der Waals surface area contributed by atoms with Crippen molar-refractivity contribution in [3.63, 3.8) is 0 Å². The van der Waals surface area contributed by atoms with Crippen molar-refractivity contribution < 1.29 is 24.2 Å². The number of piperazine rings is 1. The van der Waals surface area contributed by atoms with Gasteiger partial charge in [0, 0.05) is 24.7 Å². The summed E-state index contributed by atoms with van der Waals surface area (Å²) in [5, 5.41) is 22.0. The summed E-state index contributed by atoms with van der Waals surface area (Å²) in [6, 6.07) is 4.33. The number of aromatic nitrogens is 2. The Hall–Kier alpha value is -2.85. The van der Waals surface area contributed by atoms with Gasteiger partial charge in [0.2, 0.25) is 0 Å². The summed E-state index contributed by atoms with van der Waals surface area (Å²) in [4.78, 5) is 24.3. The zero-order valence-corrected chi connectivity index (χ0v) is 18.2. The number of oxazole rings is 1. The molecule has 168 valence electrons. The number of rotatable bonds is 4. The van der Waals surface area contributed by atoms with Crippen molar-refractivity contribution in [1.82, 2.24) is 14.9 Å². The largest absolute Gasteiger partial charge is 0.488 e. The van der Waals surface area contributed by atoms with Crippen LogP contribution in [0.5, 0.6) is 5.75 Å². The van der Waals surface area contributed by atoms with Crippen molar-refractivity contribution in [2.75, 3.05) is 18.0 Å². The van der Waals surface area contributed by atoms with E-state index in [4.69, 9.17) is 14.1 Å². The summed E-state index contributed by atoms with van der Waals surface area (Å²) in [6.07, 6.45) is 4.69. The molecular weight excluding hydrogens is 432 g/mol. The predicted octanol–water partition coefficient (Wildman–Crippen LogP) is 3.57. The molecule has 4 fully saturated rings. The lowest BCUT2D eigenvalue weighted by molar-refractivity contribution is 0.0101. The average molecular weight is 457 g/mol. The van der Waals surface area contributed by atoms with Gasteiger partial charge in [-0.15, -0.1) is 11.3 Å². The predicted molar refractivity (Wildman–Crippen MR) is 118 cm³/mol. The second-order valence-corrected chi connectivity index (χ2v) is 9.70. The number of anilines is 1. The highest BCUT2D eigenvalue weighted by Gasteiger charge is 2.48. The van der Waals surface area contributed by atoms with E-state index >= 15 is 0 Å². The molecule has 9 nitrogen and oxygen atoms in total.